The van der Waals surface area contributed by atoms with E-state index in [1.54, 1.807) is 0 Å². The van der Waals surface area contributed by atoms with Gasteiger partial charge in [0.15, 0.2) is 0 Å². The fourth-order valence-corrected chi connectivity index (χ4v) is 1.88. The molecule has 120 valence electrons. The quantitative estimate of drug-likeness (QED) is 0.343. The fourth-order valence-electron chi connectivity index (χ4n) is 1.51. The largest absolute Gasteiger partial charge is 0.508 e. The molecule has 0 radical (unpaired) electrons. The van der Waals surface area contributed by atoms with Crippen LogP contribution in [0, 0.1) is 0 Å². The van der Waals surface area contributed by atoms with Gasteiger partial charge in [-0.1, -0.05) is 26.2 Å². The van der Waals surface area contributed by atoms with E-state index in [2.05, 4.69) is 11.4 Å². The predicted molar refractivity (Wildman–Crippen MR) is 73.3 cm³/mol. The standard InChI is InChI=1S/C12H25O7P/c1-3-4-5-6-8-11(2)19-12(13)17-9-7-10-18-20(14,15)16/h11H,3-10H2,1-2H3,(H2,14,15,16). The first kappa shape index (κ1) is 19.4. The maximum Gasteiger partial charge on any atom is 0.508 e. The first-order valence-corrected chi connectivity index (χ1v) is 8.41. The maximum atomic E-state index is 11.3. The molecule has 0 aliphatic rings. The summed E-state index contributed by atoms with van der Waals surface area (Å²) in [5, 5.41) is 0. The number of unbranched alkanes of at least 4 members (excludes halogenated alkanes) is 3. The summed E-state index contributed by atoms with van der Waals surface area (Å²) in [6, 6.07) is 0. The summed E-state index contributed by atoms with van der Waals surface area (Å²) in [5.74, 6) is 0. The third kappa shape index (κ3) is 13.8. The minimum atomic E-state index is -4.44. The van der Waals surface area contributed by atoms with Crippen LogP contribution in [0.3, 0.4) is 0 Å². The van der Waals surface area contributed by atoms with Crippen molar-refractivity contribution in [3.8, 4) is 0 Å². The van der Waals surface area contributed by atoms with Crippen molar-refractivity contribution in [1.29, 1.82) is 0 Å². The van der Waals surface area contributed by atoms with E-state index in [9.17, 15) is 9.36 Å². The van der Waals surface area contributed by atoms with Crippen molar-refractivity contribution < 1.29 is 33.1 Å². The third-order valence-electron chi connectivity index (χ3n) is 2.53. The zero-order valence-electron chi connectivity index (χ0n) is 12.1. The van der Waals surface area contributed by atoms with Gasteiger partial charge in [-0.05, 0) is 19.8 Å². The van der Waals surface area contributed by atoms with E-state index in [1.807, 2.05) is 6.92 Å². The van der Waals surface area contributed by atoms with E-state index in [0.29, 0.717) is 0 Å². The van der Waals surface area contributed by atoms with Crippen molar-refractivity contribution in [3.63, 3.8) is 0 Å². The highest BCUT2D eigenvalue weighted by Crippen LogP contribution is 2.35. The molecular formula is C12H25O7P. The van der Waals surface area contributed by atoms with Crippen molar-refractivity contribution in [3.05, 3.63) is 0 Å². The lowest BCUT2D eigenvalue weighted by Gasteiger charge is -2.13. The smallest absolute Gasteiger partial charge is 0.434 e. The second-order valence-electron chi connectivity index (χ2n) is 4.55. The van der Waals surface area contributed by atoms with Gasteiger partial charge in [-0.25, -0.2) is 9.36 Å². The van der Waals surface area contributed by atoms with Gasteiger partial charge in [-0.2, -0.15) is 0 Å². The van der Waals surface area contributed by atoms with Crippen molar-refractivity contribution in [2.75, 3.05) is 13.2 Å². The minimum Gasteiger partial charge on any atom is -0.434 e. The summed E-state index contributed by atoms with van der Waals surface area (Å²) in [5.41, 5.74) is 0. The molecule has 1 unspecified atom stereocenters. The number of carbonyl (C=O) groups excluding carboxylic acids is 1. The molecular weight excluding hydrogens is 287 g/mol. The second kappa shape index (κ2) is 11.1. The molecule has 0 aliphatic heterocycles. The molecule has 0 heterocycles. The molecule has 0 aromatic heterocycles. The van der Waals surface area contributed by atoms with E-state index < -0.39 is 14.0 Å². The molecule has 0 rings (SSSR count). The molecule has 0 saturated heterocycles. The Hall–Kier alpha value is -0.620. The first-order chi connectivity index (χ1) is 9.35. The van der Waals surface area contributed by atoms with Crippen LogP contribution in [0.25, 0.3) is 0 Å². The summed E-state index contributed by atoms with van der Waals surface area (Å²) < 4.78 is 24.3. The average molecular weight is 312 g/mol. The van der Waals surface area contributed by atoms with Gasteiger partial charge in [-0.15, -0.1) is 0 Å². The van der Waals surface area contributed by atoms with E-state index in [4.69, 9.17) is 19.3 Å². The van der Waals surface area contributed by atoms with Crippen LogP contribution < -0.4 is 0 Å². The molecule has 0 amide bonds. The number of carbonyl (C=O) groups is 1. The van der Waals surface area contributed by atoms with Gasteiger partial charge >= 0.3 is 14.0 Å². The molecule has 0 bridgehead atoms. The molecule has 2 N–H and O–H groups in total. The van der Waals surface area contributed by atoms with Crippen LogP contribution >= 0.6 is 7.82 Å². The van der Waals surface area contributed by atoms with Gasteiger partial charge in [0, 0.05) is 6.42 Å². The molecule has 8 heteroatoms. The molecule has 0 aromatic rings. The van der Waals surface area contributed by atoms with E-state index in [-0.39, 0.29) is 25.7 Å². The highest BCUT2D eigenvalue weighted by molar-refractivity contribution is 7.46. The fraction of sp³-hybridized carbons (Fsp3) is 0.917. The Kier molecular flexibility index (Phi) is 10.7. The van der Waals surface area contributed by atoms with Crippen LogP contribution in [-0.2, 0) is 18.6 Å². The Morgan fingerprint density at radius 3 is 2.45 bits per heavy atom. The number of hydrogen-bond donors (Lipinski definition) is 2. The van der Waals surface area contributed by atoms with Crippen molar-refractivity contribution in [2.45, 2.75) is 58.5 Å². The Bertz CT molecular complexity index is 302. The Labute approximate surface area is 119 Å². The van der Waals surface area contributed by atoms with Crippen LogP contribution in [0.15, 0.2) is 0 Å². The Balaban J connectivity index is 3.50. The van der Waals surface area contributed by atoms with Crippen LogP contribution in [0.2, 0.25) is 0 Å². The monoisotopic (exact) mass is 312 g/mol. The number of hydrogen-bond acceptors (Lipinski definition) is 5. The van der Waals surface area contributed by atoms with Gasteiger partial charge in [0.05, 0.1) is 13.2 Å². The lowest BCUT2D eigenvalue weighted by molar-refractivity contribution is 0.0233. The highest BCUT2D eigenvalue weighted by atomic mass is 31.2. The molecule has 0 spiro atoms. The van der Waals surface area contributed by atoms with Gasteiger partial charge < -0.3 is 19.3 Å². The van der Waals surface area contributed by atoms with Gasteiger partial charge in [0.1, 0.15) is 6.10 Å². The summed E-state index contributed by atoms with van der Waals surface area (Å²) >= 11 is 0. The van der Waals surface area contributed by atoms with Gasteiger partial charge in [-0.3, -0.25) is 4.52 Å². The zero-order valence-corrected chi connectivity index (χ0v) is 13.0. The lowest BCUT2D eigenvalue weighted by atomic mass is 10.1. The highest BCUT2D eigenvalue weighted by Gasteiger charge is 2.14. The molecule has 20 heavy (non-hydrogen) atoms. The summed E-state index contributed by atoms with van der Waals surface area (Å²) in [4.78, 5) is 28.1. The summed E-state index contributed by atoms with van der Waals surface area (Å²) in [6.07, 6.45) is 4.53. The molecule has 1 atom stereocenters. The number of ether oxygens (including phenoxy) is 2. The van der Waals surface area contributed by atoms with Crippen LogP contribution in [0.4, 0.5) is 4.79 Å². The van der Waals surface area contributed by atoms with Gasteiger partial charge in [0.25, 0.3) is 0 Å². The average Bonchev–Trinajstić information content (AvgIpc) is 2.32. The van der Waals surface area contributed by atoms with E-state index in [1.165, 1.54) is 6.42 Å². The van der Waals surface area contributed by atoms with Crippen molar-refractivity contribution in [2.24, 2.45) is 0 Å². The van der Waals surface area contributed by atoms with Crippen molar-refractivity contribution >= 4 is 14.0 Å². The lowest BCUT2D eigenvalue weighted by Crippen LogP contribution is -2.17. The Morgan fingerprint density at radius 1 is 1.15 bits per heavy atom. The molecule has 0 saturated carbocycles. The van der Waals surface area contributed by atoms with E-state index in [0.717, 1.165) is 25.7 Å². The second-order valence-corrected chi connectivity index (χ2v) is 5.79. The van der Waals surface area contributed by atoms with E-state index >= 15 is 0 Å². The van der Waals surface area contributed by atoms with Crippen LogP contribution in [0.5, 0.6) is 0 Å². The third-order valence-corrected chi connectivity index (χ3v) is 3.05. The minimum absolute atomic E-state index is 0.00138. The summed E-state index contributed by atoms with van der Waals surface area (Å²) in [6.45, 7) is 3.77. The number of phosphoric acid groups is 1. The molecule has 0 fully saturated rings. The normalized spacial score (nSPS) is 13.0. The summed E-state index contributed by atoms with van der Waals surface area (Å²) in [7, 11) is -4.44. The number of rotatable bonds is 11. The molecule has 0 aromatic carbocycles. The predicted octanol–water partition coefficient (Wildman–Crippen LogP) is 3.00. The maximum absolute atomic E-state index is 11.3. The Morgan fingerprint density at radius 2 is 1.85 bits per heavy atom. The van der Waals surface area contributed by atoms with Crippen LogP contribution in [-0.4, -0.2) is 35.3 Å². The molecule has 7 nitrogen and oxygen atoms in total. The van der Waals surface area contributed by atoms with Crippen LogP contribution in [0.1, 0.15) is 52.4 Å². The SMILES string of the molecule is CCCCCCC(C)OC(=O)OCCCOP(=O)(O)O. The first-order valence-electron chi connectivity index (χ1n) is 6.88. The van der Waals surface area contributed by atoms with Crippen molar-refractivity contribution in [1.82, 2.24) is 0 Å². The number of phosphoric ester groups is 1. The topological polar surface area (TPSA) is 102 Å². The zero-order chi connectivity index (χ0) is 15.4. The van der Waals surface area contributed by atoms with Gasteiger partial charge in [0.2, 0.25) is 0 Å². The molecule has 0 aliphatic carbocycles.